The molecule has 1 amide bonds. The van der Waals surface area contributed by atoms with E-state index in [0.29, 0.717) is 12.5 Å². The predicted octanol–water partition coefficient (Wildman–Crippen LogP) is 3.27. The third-order valence-electron chi connectivity index (χ3n) is 3.67. The third kappa shape index (κ3) is 3.28. The number of benzene rings is 1. The molecule has 0 aliphatic carbocycles. The first kappa shape index (κ1) is 13.9. The first-order valence-electron chi connectivity index (χ1n) is 7.14. The van der Waals surface area contributed by atoms with Crippen LogP contribution in [-0.4, -0.2) is 30.5 Å². The van der Waals surface area contributed by atoms with Gasteiger partial charge >= 0.3 is 0 Å². The number of piperidine rings is 1. The summed E-state index contributed by atoms with van der Waals surface area (Å²) in [6.07, 6.45) is 2.34. The average molecular weight is 261 g/mol. The Morgan fingerprint density at radius 3 is 2.89 bits per heavy atom. The fraction of sp³-hybridized carbons (Fsp3) is 0.562. The molecule has 0 radical (unpaired) electrons. The van der Waals surface area contributed by atoms with Crippen LogP contribution in [0.2, 0.25) is 0 Å². The second kappa shape index (κ2) is 6.09. The number of aryl methyl sites for hydroxylation is 1. The van der Waals surface area contributed by atoms with Crippen molar-refractivity contribution in [3.8, 4) is 5.75 Å². The smallest absolute Gasteiger partial charge is 0.253 e. The molecule has 1 aliphatic heterocycles. The van der Waals surface area contributed by atoms with E-state index >= 15 is 0 Å². The maximum absolute atomic E-state index is 12.5. The van der Waals surface area contributed by atoms with Gasteiger partial charge in [0.25, 0.3) is 5.91 Å². The normalized spacial score (nSPS) is 19.3. The molecule has 1 aromatic carbocycles. The van der Waals surface area contributed by atoms with Crippen molar-refractivity contribution in [2.24, 2.45) is 5.92 Å². The van der Waals surface area contributed by atoms with E-state index in [2.05, 4.69) is 6.92 Å². The zero-order chi connectivity index (χ0) is 13.8. The standard InChI is InChI=1S/C16H23NO2/c1-4-19-15-8-7-14(10-13(15)3)16(18)17-9-5-6-12(2)11-17/h7-8,10,12H,4-6,9,11H2,1-3H3/t12-/m0/s1. The van der Waals surface area contributed by atoms with Gasteiger partial charge in [0.2, 0.25) is 0 Å². The van der Waals surface area contributed by atoms with Gasteiger partial charge in [-0.25, -0.2) is 0 Å². The molecule has 0 unspecified atom stereocenters. The van der Waals surface area contributed by atoms with Crippen LogP contribution in [0.1, 0.15) is 42.6 Å². The highest BCUT2D eigenvalue weighted by Gasteiger charge is 2.22. The van der Waals surface area contributed by atoms with E-state index in [9.17, 15) is 4.79 Å². The summed E-state index contributed by atoms with van der Waals surface area (Å²) in [6, 6.07) is 5.71. The number of rotatable bonds is 3. The number of hydrogen-bond donors (Lipinski definition) is 0. The highest BCUT2D eigenvalue weighted by molar-refractivity contribution is 5.94. The number of ether oxygens (including phenoxy) is 1. The fourth-order valence-corrected chi connectivity index (χ4v) is 2.66. The molecule has 1 heterocycles. The van der Waals surface area contributed by atoms with Gasteiger partial charge in [-0.3, -0.25) is 4.79 Å². The first-order valence-corrected chi connectivity index (χ1v) is 7.14. The highest BCUT2D eigenvalue weighted by Crippen LogP contribution is 2.22. The van der Waals surface area contributed by atoms with Crippen LogP contribution in [0.25, 0.3) is 0 Å². The Morgan fingerprint density at radius 1 is 1.47 bits per heavy atom. The van der Waals surface area contributed by atoms with Crippen LogP contribution in [0.5, 0.6) is 5.75 Å². The third-order valence-corrected chi connectivity index (χ3v) is 3.67. The Balaban J connectivity index is 2.12. The van der Waals surface area contributed by atoms with Gasteiger partial charge in [0, 0.05) is 18.7 Å². The van der Waals surface area contributed by atoms with E-state index in [1.54, 1.807) is 0 Å². The van der Waals surface area contributed by atoms with Gasteiger partial charge in [-0.2, -0.15) is 0 Å². The second-order valence-corrected chi connectivity index (χ2v) is 5.41. The fourth-order valence-electron chi connectivity index (χ4n) is 2.66. The van der Waals surface area contributed by atoms with Crippen LogP contribution < -0.4 is 4.74 Å². The summed E-state index contributed by atoms with van der Waals surface area (Å²) in [4.78, 5) is 14.4. The van der Waals surface area contributed by atoms with Crippen molar-refractivity contribution in [1.82, 2.24) is 4.90 Å². The molecule has 0 aromatic heterocycles. The van der Waals surface area contributed by atoms with Crippen molar-refractivity contribution in [2.75, 3.05) is 19.7 Å². The van der Waals surface area contributed by atoms with E-state index in [4.69, 9.17) is 4.74 Å². The number of hydrogen-bond acceptors (Lipinski definition) is 2. The molecule has 1 aliphatic rings. The molecule has 2 rings (SSSR count). The van der Waals surface area contributed by atoms with Crippen LogP contribution in [0, 0.1) is 12.8 Å². The Labute approximate surface area is 115 Å². The Kier molecular flexibility index (Phi) is 4.46. The number of carbonyl (C=O) groups excluding carboxylic acids is 1. The molecule has 3 heteroatoms. The lowest BCUT2D eigenvalue weighted by Crippen LogP contribution is -2.39. The molecule has 3 nitrogen and oxygen atoms in total. The molecule has 1 atom stereocenters. The molecule has 104 valence electrons. The molecule has 1 fully saturated rings. The average Bonchev–Trinajstić information content (AvgIpc) is 2.40. The van der Waals surface area contributed by atoms with Gasteiger partial charge in [-0.15, -0.1) is 0 Å². The predicted molar refractivity (Wildman–Crippen MR) is 76.6 cm³/mol. The minimum absolute atomic E-state index is 0.151. The van der Waals surface area contributed by atoms with Gasteiger partial charge in [0.1, 0.15) is 5.75 Å². The van der Waals surface area contributed by atoms with Crippen LogP contribution in [-0.2, 0) is 0 Å². The first-order chi connectivity index (χ1) is 9.11. The maximum Gasteiger partial charge on any atom is 0.253 e. The molecule has 1 saturated heterocycles. The molecule has 0 bridgehead atoms. The van der Waals surface area contributed by atoms with Crippen molar-refractivity contribution in [3.63, 3.8) is 0 Å². The summed E-state index contributed by atoms with van der Waals surface area (Å²) < 4.78 is 5.51. The van der Waals surface area contributed by atoms with Gasteiger partial charge in [-0.1, -0.05) is 6.92 Å². The van der Waals surface area contributed by atoms with Crippen molar-refractivity contribution in [1.29, 1.82) is 0 Å². The topological polar surface area (TPSA) is 29.5 Å². The summed E-state index contributed by atoms with van der Waals surface area (Å²) in [7, 11) is 0. The van der Waals surface area contributed by atoms with E-state index in [0.717, 1.165) is 36.4 Å². The van der Waals surface area contributed by atoms with E-state index in [-0.39, 0.29) is 5.91 Å². The highest BCUT2D eigenvalue weighted by atomic mass is 16.5. The van der Waals surface area contributed by atoms with Crippen LogP contribution in [0.4, 0.5) is 0 Å². The largest absolute Gasteiger partial charge is 0.494 e. The molecular weight excluding hydrogens is 238 g/mol. The molecule has 0 spiro atoms. The summed E-state index contributed by atoms with van der Waals surface area (Å²) >= 11 is 0. The number of likely N-dealkylation sites (tertiary alicyclic amines) is 1. The number of nitrogens with zero attached hydrogens (tertiary/aromatic N) is 1. The van der Waals surface area contributed by atoms with Gasteiger partial charge in [-0.05, 0) is 56.4 Å². The van der Waals surface area contributed by atoms with Crippen molar-refractivity contribution >= 4 is 5.91 Å². The van der Waals surface area contributed by atoms with Gasteiger partial charge in [0.05, 0.1) is 6.61 Å². The molecule has 19 heavy (non-hydrogen) atoms. The zero-order valence-corrected chi connectivity index (χ0v) is 12.1. The minimum atomic E-state index is 0.151. The van der Waals surface area contributed by atoms with Crippen molar-refractivity contribution < 1.29 is 9.53 Å². The van der Waals surface area contributed by atoms with E-state index < -0.39 is 0 Å². The lowest BCUT2D eigenvalue weighted by atomic mass is 9.99. The monoisotopic (exact) mass is 261 g/mol. The summed E-state index contributed by atoms with van der Waals surface area (Å²) in [5.41, 5.74) is 1.80. The Hall–Kier alpha value is -1.51. The second-order valence-electron chi connectivity index (χ2n) is 5.41. The SMILES string of the molecule is CCOc1ccc(C(=O)N2CCC[C@H](C)C2)cc1C. The van der Waals surface area contributed by atoms with Crippen LogP contribution in [0.3, 0.4) is 0 Å². The van der Waals surface area contributed by atoms with Gasteiger partial charge in [0.15, 0.2) is 0 Å². The Bertz CT molecular complexity index is 456. The maximum atomic E-state index is 12.5. The quantitative estimate of drug-likeness (QED) is 0.835. The summed E-state index contributed by atoms with van der Waals surface area (Å²) in [5.74, 6) is 1.63. The minimum Gasteiger partial charge on any atom is -0.494 e. The lowest BCUT2D eigenvalue weighted by Gasteiger charge is -2.31. The van der Waals surface area contributed by atoms with Gasteiger partial charge < -0.3 is 9.64 Å². The van der Waals surface area contributed by atoms with Crippen LogP contribution >= 0.6 is 0 Å². The zero-order valence-electron chi connectivity index (χ0n) is 12.1. The van der Waals surface area contributed by atoms with Crippen LogP contribution in [0.15, 0.2) is 18.2 Å². The molecule has 0 saturated carbocycles. The Morgan fingerprint density at radius 2 is 2.26 bits per heavy atom. The summed E-state index contributed by atoms with van der Waals surface area (Å²) in [5, 5.41) is 0. The number of carbonyl (C=O) groups is 1. The van der Waals surface area contributed by atoms with E-state index in [1.165, 1.54) is 6.42 Å². The number of amides is 1. The van der Waals surface area contributed by atoms with E-state index in [1.807, 2.05) is 36.9 Å². The molecular formula is C16H23NO2. The molecule has 0 N–H and O–H groups in total. The molecule has 1 aromatic rings. The van der Waals surface area contributed by atoms with Crippen molar-refractivity contribution in [3.05, 3.63) is 29.3 Å². The van der Waals surface area contributed by atoms with Crippen molar-refractivity contribution in [2.45, 2.75) is 33.6 Å². The lowest BCUT2D eigenvalue weighted by molar-refractivity contribution is 0.0683. The summed E-state index contributed by atoms with van der Waals surface area (Å²) in [6.45, 7) is 8.58.